The highest BCUT2D eigenvalue weighted by Crippen LogP contribution is 2.27. The lowest BCUT2D eigenvalue weighted by Gasteiger charge is -2.13. The Morgan fingerprint density at radius 2 is 1.67 bits per heavy atom. The van der Waals surface area contributed by atoms with Crippen LogP contribution in [-0.2, 0) is 6.54 Å². The Labute approximate surface area is 174 Å². The zero-order valence-corrected chi connectivity index (χ0v) is 17.6. The van der Waals surface area contributed by atoms with Gasteiger partial charge in [-0.2, -0.15) is 5.10 Å². The van der Waals surface area contributed by atoms with E-state index in [1.165, 1.54) is 0 Å². The van der Waals surface area contributed by atoms with Gasteiger partial charge in [-0.25, -0.2) is 0 Å². The van der Waals surface area contributed by atoms with E-state index in [0.717, 1.165) is 33.9 Å². The lowest BCUT2D eigenvalue weighted by Crippen LogP contribution is -2.20. The van der Waals surface area contributed by atoms with Gasteiger partial charge in [0.25, 0.3) is 0 Å². The van der Waals surface area contributed by atoms with Crippen LogP contribution in [-0.4, -0.2) is 14.9 Å². The van der Waals surface area contributed by atoms with Crippen LogP contribution in [0.25, 0.3) is 0 Å². The summed E-state index contributed by atoms with van der Waals surface area (Å²) in [7, 11) is 0. The molecule has 0 fully saturated rings. The van der Waals surface area contributed by atoms with Crippen LogP contribution in [0.15, 0.2) is 42.5 Å². The van der Waals surface area contributed by atoms with Gasteiger partial charge < -0.3 is 10.6 Å². The molecule has 4 nitrogen and oxygen atoms in total. The predicted molar refractivity (Wildman–Crippen MR) is 118 cm³/mol. The molecule has 3 aromatic rings. The molecule has 0 aliphatic heterocycles. The number of benzene rings is 2. The van der Waals surface area contributed by atoms with Gasteiger partial charge in [-0.15, -0.1) is 0 Å². The molecule has 0 unspecified atom stereocenters. The van der Waals surface area contributed by atoms with Gasteiger partial charge in [-0.05, 0) is 56.8 Å². The number of rotatable bonds is 4. The molecule has 0 atom stereocenters. The molecular formula is C20H20Cl2N4S. The van der Waals surface area contributed by atoms with E-state index in [-0.39, 0.29) is 0 Å². The number of hydrogen-bond donors (Lipinski definition) is 2. The van der Waals surface area contributed by atoms with E-state index in [9.17, 15) is 0 Å². The van der Waals surface area contributed by atoms with Gasteiger partial charge >= 0.3 is 0 Å². The van der Waals surface area contributed by atoms with Crippen molar-refractivity contribution in [1.29, 1.82) is 0 Å². The quantitative estimate of drug-likeness (QED) is 0.511. The normalized spacial score (nSPS) is 10.7. The molecule has 1 heterocycles. The van der Waals surface area contributed by atoms with Crippen molar-refractivity contribution < 1.29 is 0 Å². The second kappa shape index (κ2) is 8.30. The molecule has 0 saturated heterocycles. The van der Waals surface area contributed by atoms with Gasteiger partial charge in [-0.3, -0.25) is 4.68 Å². The van der Waals surface area contributed by atoms with Crippen molar-refractivity contribution >= 4 is 51.9 Å². The molecular weight excluding hydrogens is 399 g/mol. The lowest BCUT2D eigenvalue weighted by molar-refractivity contribution is 0.659. The van der Waals surface area contributed by atoms with E-state index < -0.39 is 0 Å². The minimum atomic E-state index is 0.491. The summed E-state index contributed by atoms with van der Waals surface area (Å²) in [5, 5.41) is 12.9. The molecule has 0 radical (unpaired) electrons. The number of hydrogen-bond acceptors (Lipinski definition) is 2. The molecule has 0 amide bonds. The van der Waals surface area contributed by atoms with Crippen molar-refractivity contribution in [2.24, 2.45) is 0 Å². The Bertz CT molecular complexity index is 977. The Kier molecular flexibility index (Phi) is 6.05. The molecule has 0 spiro atoms. The number of nitrogens with one attached hydrogen (secondary N) is 2. The van der Waals surface area contributed by atoms with E-state index in [4.69, 9.17) is 35.4 Å². The summed E-state index contributed by atoms with van der Waals surface area (Å²) in [6.45, 7) is 6.46. The Morgan fingerprint density at radius 3 is 2.33 bits per heavy atom. The highest BCUT2D eigenvalue weighted by molar-refractivity contribution is 7.80. The number of thiocarbonyl (C=S) groups is 1. The van der Waals surface area contributed by atoms with Crippen LogP contribution in [0, 0.1) is 20.8 Å². The van der Waals surface area contributed by atoms with Gasteiger partial charge in [0.2, 0.25) is 0 Å². The van der Waals surface area contributed by atoms with Gasteiger partial charge in [0.15, 0.2) is 5.11 Å². The fraction of sp³-hybridized carbons (Fsp3) is 0.200. The summed E-state index contributed by atoms with van der Waals surface area (Å²) < 4.78 is 1.88. The van der Waals surface area contributed by atoms with Crippen LogP contribution in [0.1, 0.15) is 22.5 Å². The van der Waals surface area contributed by atoms with Crippen LogP contribution in [0.4, 0.5) is 11.4 Å². The van der Waals surface area contributed by atoms with E-state index in [0.29, 0.717) is 21.7 Å². The third kappa shape index (κ3) is 4.43. The summed E-state index contributed by atoms with van der Waals surface area (Å²) in [6, 6.07) is 13.5. The highest BCUT2D eigenvalue weighted by atomic mass is 35.5. The summed E-state index contributed by atoms with van der Waals surface area (Å²) >= 11 is 18.1. The fourth-order valence-corrected chi connectivity index (χ4v) is 3.57. The molecule has 0 saturated carbocycles. The monoisotopic (exact) mass is 418 g/mol. The first kappa shape index (κ1) is 19.7. The first-order chi connectivity index (χ1) is 12.9. The summed E-state index contributed by atoms with van der Waals surface area (Å²) in [4.78, 5) is 0. The fourth-order valence-electron chi connectivity index (χ4n) is 2.85. The third-order valence-electron chi connectivity index (χ3n) is 4.38. The molecule has 2 aromatic carbocycles. The Balaban J connectivity index is 1.80. The van der Waals surface area contributed by atoms with E-state index >= 15 is 0 Å². The SMILES string of the molecule is Cc1ccccc1NC(=S)Nc1c(C)nn(Cc2c(Cl)cccc2Cl)c1C. The minimum absolute atomic E-state index is 0.491. The molecule has 140 valence electrons. The molecule has 1 aromatic heterocycles. The van der Waals surface area contributed by atoms with Crippen molar-refractivity contribution in [2.75, 3.05) is 10.6 Å². The van der Waals surface area contributed by atoms with Crippen molar-refractivity contribution in [3.63, 3.8) is 0 Å². The number of nitrogens with zero attached hydrogens (tertiary/aromatic N) is 2. The molecule has 27 heavy (non-hydrogen) atoms. The Morgan fingerprint density at radius 1 is 1.00 bits per heavy atom. The van der Waals surface area contributed by atoms with Gasteiger partial charge in [0, 0.05) is 21.3 Å². The van der Waals surface area contributed by atoms with Crippen LogP contribution in [0.2, 0.25) is 10.0 Å². The largest absolute Gasteiger partial charge is 0.332 e. The third-order valence-corrected chi connectivity index (χ3v) is 5.30. The van der Waals surface area contributed by atoms with Gasteiger partial charge in [0.1, 0.15) is 0 Å². The zero-order valence-electron chi connectivity index (χ0n) is 15.3. The van der Waals surface area contributed by atoms with E-state index in [2.05, 4.69) is 15.7 Å². The maximum Gasteiger partial charge on any atom is 0.175 e. The first-order valence-electron chi connectivity index (χ1n) is 8.47. The molecule has 0 bridgehead atoms. The van der Waals surface area contributed by atoms with Crippen LogP contribution in [0.3, 0.4) is 0 Å². The maximum absolute atomic E-state index is 6.30. The smallest absolute Gasteiger partial charge is 0.175 e. The van der Waals surface area contributed by atoms with Crippen molar-refractivity contribution in [2.45, 2.75) is 27.3 Å². The minimum Gasteiger partial charge on any atom is -0.332 e. The van der Waals surface area contributed by atoms with Crippen molar-refractivity contribution in [1.82, 2.24) is 9.78 Å². The summed E-state index contributed by atoms with van der Waals surface area (Å²) in [6.07, 6.45) is 0. The maximum atomic E-state index is 6.30. The standard InChI is InChI=1S/C20H20Cl2N4S/c1-12-7-4-5-10-18(12)23-20(27)24-19-13(2)25-26(14(19)3)11-15-16(21)8-6-9-17(15)22/h4-10H,11H2,1-3H3,(H2,23,24,27). The number of aromatic nitrogens is 2. The Hall–Kier alpha value is -2.08. The number of aryl methyl sites for hydroxylation is 2. The van der Waals surface area contributed by atoms with Gasteiger partial charge in [0.05, 0.1) is 23.6 Å². The van der Waals surface area contributed by atoms with Crippen LogP contribution >= 0.6 is 35.4 Å². The number of anilines is 2. The topological polar surface area (TPSA) is 41.9 Å². The first-order valence-corrected chi connectivity index (χ1v) is 9.63. The number of halogens is 2. The lowest BCUT2D eigenvalue weighted by atomic mass is 10.2. The molecule has 0 aliphatic rings. The summed E-state index contributed by atoms with van der Waals surface area (Å²) in [5.41, 5.74) is 5.63. The van der Waals surface area contributed by atoms with Crippen LogP contribution in [0.5, 0.6) is 0 Å². The molecule has 3 rings (SSSR count). The highest BCUT2D eigenvalue weighted by Gasteiger charge is 2.15. The molecule has 0 aliphatic carbocycles. The number of para-hydroxylation sites is 1. The van der Waals surface area contributed by atoms with E-state index in [1.807, 2.05) is 67.9 Å². The van der Waals surface area contributed by atoms with Crippen molar-refractivity contribution in [3.05, 3.63) is 75.0 Å². The summed E-state index contributed by atoms with van der Waals surface area (Å²) in [5.74, 6) is 0. The van der Waals surface area contributed by atoms with Crippen LogP contribution < -0.4 is 10.6 Å². The average Bonchev–Trinajstić information content (AvgIpc) is 2.88. The zero-order chi connectivity index (χ0) is 19.6. The van der Waals surface area contributed by atoms with Gasteiger partial charge in [-0.1, -0.05) is 47.5 Å². The second-order valence-corrected chi connectivity index (χ2v) is 7.52. The molecule has 7 heteroatoms. The van der Waals surface area contributed by atoms with E-state index in [1.54, 1.807) is 0 Å². The molecule has 2 N–H and O–H groups in total. The van der Waals surface area contributed by atoms with Crippen molar-refractivity contribution in [3.8, 4) is 0 Å². The second-order valence-electron chi connectivity index (χ2n) is 6.30. The predicted octanol–water partition coefficient (Wildman–Crippen LogP) is 5.97. The average molecular weight is 419 g/mol.